The van der Waals surface area contributed by atoms with E-state index in [1.165, 1.54) is 9.21 Å². The zero-order valence-corrected chi connectivity index (χ0v) is 16.3. The Morgan fingerprint density at radius 1 is 1.08 bits per heavy atom. The number of quaternary nitrogens is 1. The Morgan fingerprint density at radius 2 is 1.73 bits per heavy atom. The molecule has 2 aliphatic heterocycles. The molecule has 1 aromatic carbocycles. The zero-order valence-electron chi connectivity index (χ0n) is 15.5. The number of hydrogen-bond acceptors (Lipinski definition) is 4. The van der Waals surface area contributed by atoms with Gasteiger partial charge in [0.15, 0.2) is 6.54 Å². The quantitative estimate of drug-likeness (QED) is 0.729. The van der Waals surface area contributed by atoms with Gasteiger partial charge in [-0.2, -0.15) is 4.31 Å². The molecule has 3 rings (SSSR count). The second-order valence-electron chi connectivity index (χ2n) is 7.07. The number of sulfonamides is 1. The predicted octanol–water partition coefficient (Wildman–Crippen LogP) is -0.949. The van der Waals surface area contributed by atoms with Crippen LogP contribution in [0.2, 0.25) is 0 Å². The van der Waals surface area contributed by atoms with E-state index in [-0.39, 0.29) is 5.91 Å². The van der Waals surface area contributed by atoms with Crippen molar-refractivity contribution in [1.82, 2.24) is 9.21 Å². The van der Waals surface area contributed by atoms with Crippen LogP contribution in [0, 0.1) is 13.8 Å². The molecule has 0 aliphatic carbocycles. The number of amides is 1. The molecule has 0 saturated carbocycles. The van der Waals surface area contributed by atoms with Crippen molar-refractivity contribution >= 4 is 15.9 Å². The maximum absolute atomic E-state index is 12.8. The molecular weight excluding hydrogens is 354 g/mol. The minimum Gasteiger partial charge on any atom is -0.370 e. The molecule has 1 aromatic rings. The zero-order chi connectivity index (χ0) is 18.7. The number of hydrogen-bond donors (Lipinski definition) is 1. The number of carbonyl (C=O) groups is 1. The number of nitrogens with one attached hydrogen (secondary N) is 1. The van der Waals surface area contributed by atoms with Crippen molar-refractivity contribution in [2.45, 2.75) is 18.7 Å². The summed E-state index contributed by atoms with van der Waals surface area (Å²) in [6.07, 6.45) is 0. The molecule has 0 spiro atoms. The van der Waals surface area contributed by atoms with Crippen molar-refractivity contribution < 1.29 is 22.8 Å². The van der Waals surface area contributed by atoms with Gasteiger partial charge in [0.2, 0.25) is 10.0 Å². The first kappa shape index (κ1) is 19.3. The summed E-state index contributed by atoms with van der Waals surface area (Å²) < 4.78 is 32.5. The van der Waals surface area contributed by atoms with E-state index >= 15 is 0 Å². The van der Waals surface area contributed by atoms with E-state index < -0.39 is 10.0 Å². The van der Waals surface area contributed by atoms with Crippen molar-refractivity contribution in [3.8, 4) is 0 Å². The Kier molecular flexibility index (Phi) is 5.96. The van der Waals surface area contributed by atoms with Crippen molar-refractivity contribution in [3.63, 3.8) is 0 Å². The van der Waals surface area contributed by atoms with Gasteiger partial charge in [-0.1, -0.05) is 6.07 Å². The normalized spacial score (nSPS) is 20.3. The summed E-state index contributed by atoms with van der Waals surface area (Å²) in [5.74, 6) is 0.102. The molecule has 0 radical (unpaired) electrons. The van der Waals surface area contributed by atoms with Crippen LogP contribution in [0.1, 0.15) is 11.1 Å². The Balaban J connectivity index is 1.58. The van der Waals surface area contributed by atoms with Crippen LogP contribution < -0.4 is 4.90 Å². The van der Waals surface area contributed by atoms with Crippen molar-refractivity contribution in [3.05, 3.63) is 29.3 Å². The Bertz CT molecular complexity index is 752. The first-order valence-corrected chi connectivity index (χ1v) is 10.6. The first-order valence-electron chi connectivity index (χ1n) is 9.14. The monoisotopic (exact) mass is 382 g/mol. The van der Waals surface area contributed by atoms with Crippen LogP contribution in [0.3, 0.4) is 0 Å². The first-order chi connectivity index (χ1) is 12.4. The highest BCUT2D eigenvalue weighted by Gasteiger charge is 2.31. The third kappa shape index (κ3) is 4.25. The highest BCUT2D eigenvalue weighted by molar-refractivity contribution is 7.89. The number of benzene rings is 1. The number of nitrogens with zero attached hydrogens (tertiary/aromatic N) is 2. The summed E-state index contributed by atoms with van der Waals surface area (Å²) in [7, 11) is -3.50. The molecular formula is C18H28N3O4S+. The average Bonchev–Trinajstić information content (AvgIpc) is 2.65. The van der Waals surface area contributed by atoms with Crippen molar-refractivity contribution in [1.29, 1.82) is 0 Å². The maximum atomic E-state index is 12.8. The SMILES string of the molecule is Cc1ccc(S(=O)(=O)N2CCN(C(=O)C[NH+]3CCOCC3)CC2)cc1C. The summed E-state index contributed by atoms with van der Waals surface area (Å²) in [4.78, 5) is 15.8. The molecule has 2 aliphatic rings. The standard InChI is InChI=1S/C18H27N3O4S/c1-15-3-4-17(13-16(15)2)26(23,24)21-7-5-20(6-8-21)18(22)14-19-9-11-25-12-10-19/h3-4,13H,5-12,14H2,1-2H3/p+1. The number of aryl methyl sites for hydroxylation is 2. The van der Waals surface area contributed by atoms with Crippen molar-refractivity contribution in [2.24, 2.45) is 0 Å². The maximum Gasteiger partial charge on any atom is 0.277 e. The summed E-state index contributed by atoms with van der Waals surface area (Å²) >= 11 is 0. The molecule has 2 heterocycles. The molecule has 1 N–H and O–H groups in total. The van der Waals surface area contributed by atoms with E-state index in [1.807, 2.05) is 19.9 Å². The van der Waals surface area contributed by atoms with E-state index in [0.717, 1.165) is 24.2 Å². The highest BCUT2D eigenvalue weighted by atomic mass is 32.2. The lowest BCUT2D eigenvalue weighted by Gasteiger charge is -2.35. The number of ether oxygens (including phenoxy) is 1. The van der Waals surface area contributed by atoms with Crippen LogP contribution in [0.25, 0.3) is 0 Å². The second-order valence-corrected chi connectivity index (χ2v) is 9.01. The summed E-state index contributed by atoms with van der Waals surface area (Å²) in [5, 5.41) is 0. The Morgan fingerprint density at radius 3 is 2.35 bits per heavy atom. The van der Waals surface area contributed by atoms with Gasteiger partial charge in [0.25, 0.3) is 5.91 Å². The van der Waals surface area contributed by atoms with E-state index in [0.29, 0.717) is 50.8 Å². The summed E-state index contributed by atoms with van der Waals surface area (Å²) in [6.45, 7) is 9.05. The summed E-state index contributed by atoms with van der Waals surface area (Å²) in [5.41, 5.74) is 2.04. The van der Waals surface area contributed by atoms with Gasteiger partial charge in [-0.3, -0.25) is 4.79 Å². The fourth-order valence-corrected chi connectivity index (χ4v) is 4.87. The van der Waals surface area contributed by atoms with Gasteiger partial charge in [-0.25, -0.2) is 8.42 Å². The predicted molar refractivity (Wildman–Crippen MR) is 97.6 cm³/mol. The molecule has 7 nitrogen and oxygen atoms in total. The van der Waals surface area contributed by atoms with Gasteiger partial charge < -0.3 is 14.5 Å². The van der Waals surface area contributed by atoms with Gasteiger partial charge in [0.05, 0.1) is 18.1 Å². The highest BCUT2D eigenvalue weighted by Crippen LogP contribution is 2.20. The average molecular weight is 383 g/mol. The fraction of sp³-hybridized carbons (Fsp3) is 0.611. The second kappa shape index (κ2) is 8.04. The van der Waals surface area contributed by atoms with Crippen LogP contribution in [0.15, 0.2) is 23.1 Å². The lowest BCUT2D eigenvalue weighted by molar-refractivity contribution is -0.900. The van der Waals surface area contributed by atoms with Crippen LogP contribution in [-0.2, 0) is 19.6 Å². The minimum atomic E-state index is -3.50. The fourth-order valence-electron chi connectivity index (χ4n) is 3.36. The van der Waals surface area contributed by atoms with Crippen LogP contribution in [0.4, 0.5) is 0 Å². The lowest BCUT2D eigenvalue weighted by Crippen LogP contribution is -3.15. The molecule has 8 heteroatoms. The summed E-state index contributed by atoms with van der Waals surface area (Å²) in [6, 6.07) is 5.23. The van der Waals surface area contributed by atoms with E-state index in [9.17, 15) is 13.2 Å². The molecule has 26 heavy (non-hydrogen) atoms. The molecule has 0 aromatic heterocycles. The van der Waals surface area contributed by atoms with Crippen molar-refractivity contribution in [2.75, 3.05) is 59.0 Å². The topological polar surface area (TPSA) is 71.4 Å². The van der Waals surface area contributed by atoms with E-state index in [1.54, 1.807) is 17.0 Å². The molecule has 0 unspecified atom stereocenters. The van der Waals surface area contributed by atoms with Gasteiger partial charge in [0.1, 0.15) is 13.1 Å². The number of piperazine rings is 1. The molecule has 2 saturated heterocycles. The largest absolute Gasteiger partial charge is 0.370 e. The minimum absolute atomic E-state index is 0.102. The van der Waals surface area contributed by atoms with E-state index in [2.05, 4.69) is 0 Å². The molecule has 1 amide bonds. The number of rotatable bonds is 4. The Labute approximate surface area is 155 Å². The molecule has 2 fully saturated rings. The third-order valence-corrected chi connectivity index (χ3v) is 7.20. The van der Waals surface area contributed by atoms with Crippen LogP contribution >= 0.6 is 0 Å². The lowest BCUT2D eigenvalue weighted by atomic mass is 10.1. The molecule has 0 atom stereocenters. The smallest absolute Gasteiger partial charge is 0.277 e. The van der Waals surface area contributed by atoms with Crippen LogP contribution in [-0.4, -0.2) is 82.6 Å². The molecule has 144 valence electrons. The van der Waals surface area contributed by atoms with Gasteiger partial charge in [0, 0.05) is 26.2 Å². The molecule has 0 bridgehead atoms. The van der Waals surface area contributed by atoms with Gasteiger partial charge >= 0.3 is 0 Å². The van der Waals surface area contributed by atoms with Gasteiger partial charge in [-0.15, -0.1) is 0 Å². The van der Waals surface area contributed by atoms with Gasteiger partial charge in [-0.05, 0) is 37.1 Å². The Hall–Kier alpha value is -1.48. The van der Waals surface area contributed by atoms with Crippen LogP contribution in [0.5, 0.6) is 0 Å². The third-order valence-electron chi connectivity index (χ3n) is 5.31. The number of morpholine rings is 1. The van der Waals surface area contributed by atoms with E-state index in [4.69, 9.17) is 4.74 Å². The number of carbonyl (C=O) groups excluding carboxylic acids is 1.